The molecule has 1 aromatic carbocycles. The summed E-state index contributed by atoms with van der Waals surface area (Å²) in [6.45, 7) is 1.54. The first kappa shape index (κ1) is 12.2. The monoisotopic (exact) mass is 222 g/mol. The van der Waals surface area contributed by atoms with Gasteiger partial charge in [-0.15, -0.1) is 0 Å². The number of hydrogen-bond donors (Lipinski definition) is 3. The second-order valence-electron chi connectivity index (χ2n) is 3.50. The minimum atomic E-state index is -0.579. The van der Waals surface area contributed by atoms with Crippen molar-refractivity contribution in [1.82, 2.24) is 5.32 Å². The fourth-order valence-electron chi connectivity index (χ4n) is 1.17. The number of carbonyl (C=O) groups is 2. The number of nitrogens with two attached hydrogens (primary N) is 1. The van der Waals surface area contributed by atoms with Gasteiger partial charge in [-0.3, -0.25) is 9.59 Å². The van der Waals surface area contributed by atoms with E-state index in [2.05, 4.69) is 5.32 Å². The first-order valence-electron chi connectivity index (χ1n) is 4.86. The molecule has 0 bridgehead atoms. The van der Waals surface area contributed by atoms with Crippen LogP contribution in [0.1, 0.15) is 27.6 Å². The average Bonchev–Trinajstić information content (AvgIpc) is 2.28. The predicted octanol–water partition coefficient (Wildman–Crippen LogP) is -0.104. The van der Waals surface area contributed by atoms with Gasteiger partial charge in [0.2, 0.25) is 5.91 Å². The summed E-state index contributed by atoms with van der Waals surface area (Å²) in [4.78, 5) is 22.5. The molecule has 0 spiro atoms. The molecule has 0 radical (unpaired) electrons. The Labute approximate surface area is 93.3 Å². The van der Waals surface area contributed by atoms with Crippen LogP contribution in [-0.4, -0.2) is 29.6 Å². The van der Waals surface area contributed by atoms with Crippen molar-refractivity contribution in [1.29, 1.82) is 0 Å². The highest BCUT2D eigenvalue weighted by Gasteiger charge is 2.10. The zero-order valence-corrected chi connectivity index (χ0v) is 8.93. The fourth-order valence-corrected chi connectivity index (χ4v) is 1.17. The third-order valence-corrected chi connectivity index (χ3v) is 2.06. The molecule has 1 aromatic rings. The summed E-state index contributed by atoms with van der Waals surface area (Å²) in [5, 5.41) is 11.4. The summed E-state index contributed by atoms with van der Waals surface area (Å²) in [5.41, 5.74) is 5.73. The third-order valence-electron chi connectivity index (χ3n) is 2.06. The molecule has 0 unspecified atom stereocenters. The van der Waals surface area contributed by atoms with Crippen LogP contribution in [0.5, 0.6) is 0 Å². The summed E-state index contributed by atoms with van der Waals surface area (Å²) < 4.78 is 0. The zero-order valence-electron chi connectivity index (χ0n) is 8.93. The van der Waals surface area contributed by atoms with Gasteiger partial charge in [-0.1, -0.05) is 6.07 Å². The molecule has 2 amide bonds. The van der Waals surface area contributed by atoms with Crippen LogP contribution in [0, 0.1) is 0 Å². The number of nitrogens with one attached hydrogen (secondary N) is 1. The number of carbonyl (C=O) groups excluding carboxylic acids is 2. The lowest BCUT2D eigenvalue weighted by molar-refractivity contribution is 0.0922. The maximum absolute atomic E-state index is 11.6. The van der Waals surface area contributed by atoms with E-state index in [0.717, 1.165) is 0 Å². The van der Waals surface area contributed by atoms with Gasteiger partial charge in [0.1, 0.15) is 0 Å². The van der Waals surface area contributed by atoms with Gasteiger partial charge in [0, 0.05) is 17.2 Å². The van der Waals surface area contributed by atoms with Crippen molar-refractivity contribution < 1.29 is 14.7 Å². The van der Waals surface area contributed by atoms with E-state index in [1.165, 1.54) is 12.1 Å². The molecule has 0 heterocycles. The van der Waals surface area contributed by atoms with Crippen LogP contribution < -0.4 is 11.1 Å². The number of rotatable bonds is 4. The van der Waals surface area contributed by atoms with Crippen LogP contribution >= 0.6 is 0 Å². The molecule has 0 saturated heterocycles. The summed E-state index contributed by atoms with van der Waals surface area (Å²) in [5.74, 6) is -0.922. The number of aliphatic hydroxyl groups is 1. The van der Waals surface area contributed by atoms with E-state index in [4.69, 9.17) is 10.8 Å². The van der Waals surface area contributed by atoms with Gasteiger partial charge in [-0.2, -0.15) is 0 Å². The smallest absolute Gasteiger partial charge is 0.251 e. The highest BCUT2D eigenvalue weighted by atomic mass is 16.3. The maximum Gasteiger partial charge on any atom is 0.251 e. The summed E-state index contributed by atoms with van der Waals surface area (Å²) >= 11 is 0. The van der Waals surface area contributed by atoms with Crippen molar-refractivity contribution in [2.75, 3.05) is 6.61 Å². The van der Waals surface area contributed by atoms with Gasteiger partial charge in [0.05, 0.1) is 6.61 Å². The van der Waals surface area contributed by atoms with E-state index in [1.54, 1.807) is 19.1 Å². The van der Waals surface area contributed by atoms with Crippen LogP contribution in [0.3, 0.4) is 0 Å². The predicted molar refractivity (Wildman–Crippen MR) is 59.0 cm³/mol. The number of aliphatic hydroxyl groups excluding tert-OH is 1. The van der Waals surface area contributed by atoms with Gasteiger partial charge >= 0.3 is 0 Å². The van der Waals surface area contributed by atoms with Crippen molar-refractivity contribution in [2.45, 2.75) is 13.0 Å². The minimum Gasteiger partial charge on any atom is -0.394 e. The van der Waals surface area contributed by atoms with Gasteiger partial charge in [-0.25, -0.2) is 0 Å². The van der Waals surface area contributed by atoms with E-state index in [1.807, 2.05) is 0 Å². The second kappa shape index (κ2) is 5.27. The Hall–Kier alpha value is -1.88. The van der Waals surface area contributed by atoms with Gasteiger partial charge in [0.15, 0.2) is 0 Å². The van der Waals surface area contributed by atoms with Crippen molar-refractivity contribution in [3.63, 3.8) is 0 Å². The van der Waals surface area contributed by atoms with Crippen molar-refractivity contribution >= 4 is 11.8 Å². The van der Waals surface area contributed by atoms with E-state index in [9.17, 15) is 9.59 Å². The highest BCUT2D eigenvalue weighted by molar-refractivity contribution is 5.99. The van der Waals surface area contributed by atoms with E-state index in [0.29, 0.717) is 5.56 Å². The topological polar surface area (TPSA) is 92.4 Å². The molecule has 0 fully saturated rings. The Morgan fingerprint density at radius 3 is 2.62 bits per heavy atom. The third kappa shape index (κ3) is 3.06. The van der Waals surface area contributed by atoms with Crippen LogP contribution in [0.15, 0.2) is 24.3 Å². The molecule has 1 atom stereocenters. The zero-order chi connectivity index (χ0) is 12.1. The molecule has 0 aromatic heterocycles. The molecule has 5 heteroatoms. The first-order valence-corrected chi connectivity index (χ1v) is 4.86. The molecule has 0 saturated carbocycles. The van der Waals surface area contributed by atoms with E-state index in [-0.39, 0.29) is 24.1 Å². The fraction of sp³-hybridized carbons (Fsp3) is 0.273. The molecular weight excluding hydrogens is 208 g/mol. The molecule has 86 valence electrons. The number of benzene rings is 1. The summed E-state index contributed by atoms with van der Waals surface area (Å²) in [6, 6.07) is 5.78. The first-order chi connectivity index (χ1) is 7.54. The number of primary amides is 1. The molecular formula is C11H14N2O3. The van der Waals surface area contributed by atoms with Crippen LogP contribution in [0.25, 0.3) is 0 Å². The molecule has 16 heavy (non-hydrogen) atoms. The molecule has 5 nitrogen and oxygen atoms in total. The second-order valence-corrected chi connectivity index (χ2v) is 3.50. The quantitative estimate of drug-likeness (QED) is 0.664. The Kier molecular flexibility index (Phi) is 4.02. The lowest BCUT2D eigenvalue weighted by Crippen LogP contribution is -2.35. The lowest BCUT2D eigenvalue weighted by Gasteiger charge is -2.10. The molecule has 0 aliphatic rings. The maximum atomic E-state index is 11.6. The average molecular weight is 222 g/mol. The van der Waals surface area contributed by atoms with E-state index >= 15 is 0 Å². The van der Waals surface area contributed by atoms with Crippen LogP contribution in [-0.2, 0) is 0 Å². The largest absolute Gasteiger partial charge is 0.394 e. The Balaban J connectivity index is 2.83. The molecule has 0 aliphatic carbocycles. The lowest BCUT2D eigenvalue weighted by atomic mass is 10.1. The van der Waals surface area contributed by atoms with Gasteiger partial charge < -0.3 is 16.2 Å². The van der Waals surface area contributed by atoms with Crippen LogP contribution in [0.4, 0.5) is 0 Å². The minimum absolute atomic E-state index is 0.138. The molecule has 1 rings (SSSR count). The van der Waals surface area contributed by atoms with Crippen LogP contribution in [0.2, 0.25) is 0 Å². The Morgan fingerprint density at radius 2 is 2.06 bits per heavy atom. The van der Waals surface area contributed by atoms with Gasteiger partial charge in [0.25, 0.3) is 5.91 Å². The SMILES string of the molecule is C[C@H](CO)NC(=O)c1cccc(C(N)=O)c1. The Bertz CT molecular complexity index is 404. The van der Waals surface area contributed by atoms with Crippen molar-refractivity contribution in [2.24, 2.45) is 5.73 Å². The highest BCUT2D eigenvalue weighted by Crippen LogP contribution is 2.04. The molecule has 0 aliphatic heterocycles. The summed E-state index contributed by atoms with van der Waals surface area (Å²) in [7, 11) is 0. The number of hydrogen-bond acceptors (Lipinski definition) is 3. The summed E-state index contributed by atoms with van der Waals surface area (Å²) in [6.07, 6.45) is 0. The number of amides is 2. The van der Waals surface area contributed by atoms with Crippen molar-refractivity contribution in [3.05, 3.63) is 35.4 Å². The van der Waals surface area contributed by atoms with E-state index < -0.39 is 5.91 Å². The Morgan fingerprint density at radius 1 is 1.44 bits per heavy atom. The standard InChI is InChI=1S/C11H14N2O3/c1-7(6-14)13-11(16)9-4-2-3-8(5-9)10(12)15/h2-5,7,14H,6H2,1H3,(H2,12,15)(H,13,16)/t7-/m1/s1. The normalized spacial score (nSPS) is 11.9. The molecule has 4 N–H and O–H groups in total. The van der Waals surface area contributed by atoms with Crippen molar-refractivity contribution in [3.8, 4) is 0 Å². The van der Waals surface area contributed by atoms with Gasteiger partial charge in [-0.05, 0) is 25.1 Å².